The number of hydrogen-bond acceptors (Lipinski definition) is 7. The van der Waals surface area contributed by atoms with Crippen molar-refractivity contribution in [1.82, 2.24) is 9.55 Å². The maximum atomic E-state index is 12.6. The number of hydrogen-bond donors (Lipinski definition) is 2. The van der Waals surface area contributed by atoms with Gasteiger partial charge in [-0.05, 0) is 37.4 Å². The normalized spacial score (nSPS) is 19.6. The minimum absolute atomic E-state index is 0.100. The molecule has 1 fully saturated rings. The molecule has 11 nitrogen and oxygen atoms in total. The number of aliphatic hydroxyl groups is 1. The summed E-state index contributed by atoms with van der Waals surface area (Å²) in [4.78, 5) is 41.5. The molecule has 206 valence electrons. The summed E-state index contributed by atoms with van der Waals surface area (Å²) >= 11 is 0. The van der Waals surface area contributed by atoms with E-state index >= 15 is 0 Å². The maximum absolute atomic E-state index is 12.6. The van der Waals surface area contributed by atoms with Gasteiger partial charge in [-0.25, -0.2) is 4.79 Å². The molecule has 3 rings (SSSR count). The van der Waals surface area contributed by atoms with E-state index in [0.29, 0.717) is 12.0 Å². The molecule has 1 aromatic heterocycles. The summed E-state index contributed by atoms with van der Waals surface area (Å²) in [5.74, 6) is 0.524. The standard InChI is InChI=1S/C27H37N5O6/c1-19-18-32(27(36)29-26(19)35)23-17-21(30-31-28)25(38-23)24(34)22(33)15-11-6-4-2-3-5-7-12-16-37-20-13-9-8-10-14-20/h8-10,13-14,18,21,23-25,34H,2-7,11-12,15-17H2,1H3,(H,29,35,36)/t21-,23+,24?,25-/m0/s1. The Morgan fingerprint density at radius 1 is 1.16 bits per heavy atom. The number of aromatic amines is 1. The van der Waals surface area contributed by atoms with Crippen LogP contribution in [0.4, 0.5) is 0 Å². The van der Waals surface area contributed by atoms with Gasteiger partial charge in [-0.3, -0.25) is 19.1 Å². The first-order chi connectivity index (χ1) is 18.4. The van der Waals surface area contributed by atoms with Crippen molar-refractivity contribution < 1.29 is 19.4 Å². The smallest absolute Gasteiger partial charge is 0.330 e. The number of nitrogens with one attached hydrogen (secondary N) is 1. The van der Waals surface area contributed by atoms with Gasteiger partial charge in [-0.2, -0.15) is 0 Å². The molecule has 0 bridgehead atoms. The highest BCUT2D eigenvalue weighted by Crippen LogP contribution is 2.32. The number of rotatable bonds is 16. The average Bonchev–Trinajstić information content (AvgIpc) is 3.33. The third kappa shape index (κ3) is 8.58. The summed E-state index contributed by atoms with van der Waals surface area (Å²) in [6, 6.07) is 8.98. The van der Waals surface area contributed by atoms with Crippen LogP contribution in [0.2, 0.25) is 0 Å². The number of aliphatic hydroxyl groups excluding tert-OH is 1. The topological polar surface area (TPSA) is 159 Å². The predicted octanol–water partition coefficient (Wildman–Crippen LogP) is 4.33. The number of ether oxygens (including phenoxy) is 2. The fraction of sp³-hybridized carbons (Fsp3) is 0.593. The summed E-state index contributed by atoms with van der Waals surface area (Å²) in [6.45, 7) is 2.27. The van der Waals surface area contributed by atoms with Crippen LogP contribution in [0.15, 0.2) is 51.2 Å². The summed E-state index contributed by atoms with van der Waals surface area (Å²) in [7, 11) is 0. The lowest BCUT2D eigenvalue weighted by Crippen LogP contribution is -2.39. The van der Waals surface area contributed by atoms with Crippen molar-refractivity contribution in [2.75, 3.05) is 6.61 Å². The van der Waals surface area contributed by atoms with Crippen molar-refractivity contribution >= 4 is 5.78 Å². The molecule has 1 aromatic carbocycles. The number of carbonyl (C=O) groups excluding carboxylic acids is 1. The minimum atomic E-state index is -1.46. The number of carbonyl (C=O) groups is 1. The van der Waals surface area contributed by atoms with Gasteiger partial charge in [-0.15, -0.1) is 0 Å². The molecule has 0 aliphatic carbocycles. The summed E-state index contributed by atoms with van der Waals surface area (Å²) in [6.07, 6.45) is 6.34. The number of benzene rings is 1. The zero-order chi connectivity index (χ0) is 27.3. The summed E-state index contributed by atoms with van der Waals surface area (Å²) < 4.78 is 12.7. The molecule has 11 heteroatoms. The SMILES string of the molecule is Cc1cn([C@H]2C[C@H](N=[N+]=[N-])[C@@H](C(O)C(=O)CCCCCCCCCCOc3ccccc3)O2)c(=O)[nH]c1=O. The van der Waals surface area contributed by atoms with Crippen LogP contribution in [0.5, 0.6) is 5.75 Å². The first kappa shape index (κ1) is 29.2. The van der Waals surface area contributed by atoms with Gasteiger partial charge in [0, 0.05) is 29.5 Å². The fourth-order valence-corrected chi connectivity index (χ4v) is 4.61. The number of para-hydroxylation sites is 1. The van der Waals surface area contributed by atoms with E-state index in [-0.39, 0.29) is 18.6 Å². The Hall–Kier alpha value is -3.40. The van der Waals surface area contributed by atoms with Gasteiger partial charge in [0.15, 0.2) is 5.78 Å². The van der Waals surface area contributed by atoms with E-state index in [0.717, 1.165) is 57.3 Å². The van der Waals surface area contributed by atoms with E-state index in [9.17, 15) is 19.5 Å². The molecular weight excluding hydrogens is 490 g/mol. The molecule has 1 aliphatic heterocycles. The van der Waals surface area contributed by atoms with Crippen LogP contribution in [0.1, 0.15) is 76.0 Å². The second-order valence-corrected chi connectivity index (χ2v) is 9.69. The second-order valence-electron chi connectivity index (χ2n) is 9.69. The molecule has 2 aromatic rings. The molecule has 4 atom stereocenters. The van der Waals surface area contributed by atoms with Crippen molar-refractivity contribution in [2.24, 2.45) is 5.11 Å². The number of ketones is 1. The zero-order valence-corrected chi connectivity index (χ0v) is 21.8. The van der Waals surface area contributed by atoms with Crippen molar-refractivity contribution in [3.05, 3.63) is 73.4 Å². The number of aryl methyl sites for hydroxylation is 1. The van der Waals surface area contributed by atoms with Gasteiger partial charge in [0.05, 0.1) is 12.6 Å². The third-order valence-electron chi connectivity index (χ3n) is 6.76. The van der Waals surface area contributed by atoms with Crippen LogP contribution < -0.4 is 16.0 Å². The van der Waals surface area contributed by atoms with Gasteiger partial charge in [0.25, 0.3) is 5.56 Å². The van der Waals surface area contributed by atoms with Crippen LogP contribution in [0, 0.1) is 6.92 Å². The fourth-order valence-electron chi connectivity index (χ4n) is 4.61. The number of unbranched alkanes of at least 4 members (excludes halogenated alkanes) is 7. The highest BCUT2D eigenvalue weighted by atomic mass is 16.5. The Labute approximate surface area is 221 Å². The lowest BCUT2D eigenvalue weighted by atomic mass is 9.98. The quantitative estimate of drug-likeness (QED) is 0.143. The van der Waals surface area contributed by atoms with Gasteiger partial charge in [-0.1, -0.05) is 61.8 Å². The van der Waals surface area contributed by atoms with Gasteiger partial charge < -0.3 is 14.6 Å². The van der Waals surface area contributed by atoms with Crippen molar-refractivity contribution in [1.29, 1.82) is 0 Å². The Kier molecular flexibility index (Phi) is 11.6. The molecule has 0 saturated carbocycles. The van der Waals surface area contributed by atoms with Crippen LogP contribution in [-0.2, 0) is 9.53 Å². The van der Waals surface area contributed by atoms with Gasteiger partial charge >= 0.3 is 5.69 Å². The lowest BCUT2D eigenvalue weighted by Gasteiger charge is -2.21. The summed E-state index contributed by atoms with van der Waals surface area (Å²) in [5, 5.41) is 14.3. The van der Waals surface area contributed by atoms with Crippen molar-refractivity contribution in [3.63, 3.8) is 0 Å². The number of nitrogens with zero attached hydrogens (tertiary/aromatic N) is 4. The molecule has 1 saturated heterocycles. The van der Waals surface area contributed by atoms with Gasteiger partial charge in [0.1, 0.15) is 24.2 Å². The number of aromatic nitrogens is 2. The Bertz CT molecular complexity index is 1190. The Morgan fingerprint density at radius 2 is 1.82 bits per heavy atom. The highest BCUT2D eigenvalue weighted by Gasteiger charge is 2.42. The molecule has 0 radical (unpaired) electrons. The Morgan fingerprint density at radius 3 is 2.50 bits per heavy atom. The highest BCUT2D eigenvalue weighted by molar-refractivity contribution is 5.83. The number of Topliss-reactive ketones (excluding diaryl/α,β-unsaturated/α-hetero) is 1. The van der Waals surface area contributed by atoms with E-state index in [1.807, 2.05) is 30.3 Å². The van der Waals surface area contributed by atoms with Crippen LogP contribution in [0.25, 0.3) is 10.4 Å². The molecule has 38 heavy (non-hydrogen) atoms. The minimum Gasteiger partial charge on any atom is -0.494 e. The molecule has 0 amide bonds. The first-order valence-electron chi connectivity index (χ1n) is 13.3. The molecule has 1 aliphatic rings. The molecule has 0 spiro atoms. The van der Waals surface area contributed by atoms with Crippen molar-refractivity contribution in [2.45, 2.75) is 95.6 Å². The molecule has 1 unspecified atom stereocenters. The molecular formula is C27H37N5O6. The Balaban J connectivity index is 1.33. The largest absolute Gasteiger partial charge is 0.494 e. The van der Waals surface area contributed by atoms with E-state index in [2.05, 4.69) is 15.0 Å². The van der Waals surface area contributed by atoms with Gasteiger partial charge in [0.2, 0.25) is 0 Å². The predicted molar refractivity (Wildman–Crippen MR) is 142 cm³/mol. The summed E-state index contributed by atoms with van der Waals surface area (Å²) in [5.41, 5.74) is 8.06. The lowest BCUT2D eigenvalue weighted by molar-refractivity contribution is -0.137. The maximum Gasteiger partial charge on any atom is 0.330 e. The van der Waals surface area contributed by atoms with E-state index in [1.54, 1.807) is 6.92 Å². The van der Waals surface area contributed by atoms with E-state index in [1.165, 1.54) is 10.8 Å². The molecule has 2 N–H and O–H groups in total. The van der Waals surface area contributed by atoms with Crippen LogP contribution >= 0.6 is 0 Å². The molecule has 2 heterocycles. The monoisotopic (exact) mass is 527 g/mol. The van der Waals surface area contributed by atoms with Crippen LogP contribution in [0.3, 0.4) is 0 Å². The van der Waals surface area contributed by atoms with Crippen LogP contribution in [-0.4, -0.2) is 45.3 Å². The second kappa shape index (κ2) is 15.1. The van der Waals surface area contributed by atoms with Crippen molar-refractivity contribution in [3.8, 4) is 5.75 Å². The number of azide groups is 1. The van der Waals surface area contributed by atoms with E-state index < -0.39 is 35.7 Å². The first-order valence-corrected chi connectivity index (χ1v) is 13.3. The van der Waals surface area contributed by atoms with E-state index in [4.69, 9.17) is 15.0 Å². The average molecular weight is 528 g/mol. The number of H-pyrrole nitrogens is 1. The third-order valence-corrected chi connectivity index (χ3v) is 6.76. The zero-order valence-electron chi connectivity index (χ0n) is 21.8.